The average molecular weight is 289 g/mol. The van der Waals surface area contributed by atoms with Crippen molar-refractivity contribution in [1.29, 1.82) is 0 Å². The van der Waals surface area contributed by atoms with Crippen LogP contribution in [-0.4, -0.2) is 47.7 Å². The minimum Gasteiger partial charge on any atom is -0.479 e. The summed E-state index contributed by atoms with van der Waals surface area (Å²) in [4.78, 5) is 25.6. The van der Waals surface area contributed by atoms with Crippen LogP contribution in [0.5, 0.6) is 0 Å². The van der Waals surface area contributed by atoms with Gasteiger partial charge >= 0.3 is 5.97 Å². The maximum Gasteiger partial charge on any atom is 0.334 e. The first-order chi connectivity index (χ1) is 10.0. The number of aryl methyl sites for hydroxylation is 1. The summed E-state index contributed by atoms with van der Waals surface area (Å²) in [5.74, 6) is -0.959. The minimum atomic E-state index is -1.01. The Hall–Kier alpha value is -1.88. The van der Waals surface area contributed by atoms with Crippen LogP contribution < -0.4 is 0 Å². The van der Waals surface area contributed by atoms with Gasteiger partial charge in [-0.15, -0.1) is 0 Å². The number of carboxylic acids is 1. The van der Waals surface area contributed by atoms with Crippen LogP contribution in [0.3, 0.4) is 0 Å². The van der Waals surface area contributed by atoms with Crippen molar-refractivity contribution in [3.05, 3.63) is 35.4 Å². The SMILES string of the molecule is Cc1ccccc1C1(C(=O)N2CCO[C@@H](C(=O)O)C2)CC1. The molecule has 0 spiro atoms. The van der Waals surface area contributed by atoms with Crippen LogP contribution in [0.25, 0.3) is 0 Å². The molecular formula is C16H19NO4. The van der Waals surface area contributed by atoms with E-state index < -0.39 is 17.5 Å². The summed E-state index contributed by atoms with van der Waals surface area (Å²) in [6.07, 6.45) is 0.771. The summed E-state index contributed by atoms with van der Waals surface area (Å²) < 4.78 is 5.19. The number of benzene rings is 1. The molecule has 1 aromatic rings. The number of hydrogen-bond acceptors (Lipinski definition) is 3. The fraction of sp³-hybridized carbons (Fsp3) is 0.500. The zero-order valence-corrected chi connectivity index (χ0v) is 12.0. The molecule has 1 saturated heterocycles. The van der Waals surface area contributed by atoms with Gasteiger partial charge in [0.15, 0.2) is 6.10 Å². The molecule has 21 heavy (non-hydrogen) atoms. The van der Waals surface area contributed by atoms with Crippen molar-refractivity contribution >= 4 is 11.9 Å². The molecule has 1 atom stereocenters. The first-order valence-corrected chi connectivity index (χ1v) is 7.24. The average Bonchev–Trinajstić information content (AvgIpc) is 3.28. The molecule has 112 valence electrons. The number of rotatable bonds is 3. The molecule has 2 fully saturated rings. The van der Waals surface area contributed by atoms with Gasteiger partial charge in [0.1, 0.15) is 0 Å². The predicted octanol–water partition coefficient (Wildman–Crippen LogP) is 1.34. The molecule has 0 bridgehead atoms. The second kappa shape index (κ2) is 5.15. The zero-order chi connectivity index (χ0) is 15.0. The molecule has 0 unspecified atom stereocenters. The molecule has 5 heteroatoms. The first-order valence-electron chi connectivity index (χ1n) is 7.24. The smallest absolute Gasteiger partial charge is 0.334 e. The molecule has 1 saturated carbocycles. The van der Waals surface area contributed by atoms with Crippen LogP contribution in [0, 0.1) is 6.92 Å². The zero-order valence-electron chi connectivity index (χ0n) is 12.0. The lowest BCUT2D eigenvalue weighted by molar-refractivity contribution is -0.160. The molecule has 0 radical (unpaired) electrons. The summed E-state index contributed by atoms with van der Waals surface area (Å²) in [6.45, 7) is 2.91. The van der Waals surface area contributed by atoms with Crippen LogP contribution in [0.2, 0.25) is 0 Å². The number of ether oxygens (including phenoxy) is 1. The highest BCUT2D eigenvalue weighted by molar-refractivity contribution is 5.92. The van der Waals surface area contributed by atoms with E-state index in [4.69, 9.17) is 9.84 Å². The number of carboxylic acid groups (broad SMARTS) is 1. The highest BCUT2D eigenvalue weighted by atomic mass is 16.5. The number of carbonyl (C=O) groups excluding carboxylic acids is 1. The minimum absolute atomic E-state index is 0.0475. The molecule has 2 aliphatic rings. The van der Waals surface area contributed by atoms with Crippen molar-refractivity contribution in [3.8, 4) is 0 Å². The maximum atomic E-state index is 12.9. The lowest BCUT2D eigenvalue weighted by Gasteiger charge is -2.34. The van der Waals surface area contributed by atoms with Crippen molar-refractivity contribution < 1.29 is 19.4 Å². The molecule has 1 N–H and O–H groups in total. The molecule has 1 aliphatic carbocycles. The Morgan fingerprint density at radius 3 is 2.67 bits per heavy atom. The maximum absolute atomic E-state index is 12.9. The van der Waals surface area contributed by atoms with Gasteiger partial charge in [-0.2, -0.15) is 0 Å². The number of amides is 1. The Labute approximate surface area is 123 Å². The van der Waals surface area contributed by atoms with E-state index in [0.29, 0.717) is 6.54 Å². The van der Waals surface area contributed by atoms with E-state index >= 15 is 0 Å². The quantitative estimate of drug-likeness (QED) is 0.912. The van der Waals surface area contributed by atoms with E-state index in [2.05, 4.69) is 0 Å². The third kappa shape index (κ3) is 2.42. The van der Waals surface area contributed by atoms with E-state index in [9.17, 15) is 9.59 Å². The van der Waals surface area contributed by atoms with Crippen molar-refractivity contribution in [2.45, 2.75) is 31.3 Å². The van der Waals surface area contributed by atoms with Gasteiger partial charge < -0.3 is 14.7 Å². The van der Waals surface area contributed by atoms with E-state index in [-0.39, 0.29) is 19.1 Å². The van der Waals surface area contributed by atoms with Gasteiger partial charge in [-0.3, -0.25) is 4.79 Å². The summed E-state index contributed by atoms with van der Waals surface area (Å²) in [7, 11) is 0. The predicted molar refractivity (Wildman–Crippen MR) is 76.0 cm³/mol. The number of morpholine rings is 1. The largest absolute Gasteiger partial charge is 0.479 e. The highest BCUT2D eigenvalue weighted by Gasteiger charge is 2.54. The Balaban J connectivity index is 1.82. The Morgan fingerprint density at radius 1 is 1.33 bits per heavy atom. The fourth-order valence-corrected chi connectivity index (χ4v) is 3.12. The van der Waals surface area contributed by atoms with E-state index in [1.807, 2.05) is 31.2 Å². The summed E-state index contributed by atoms with van der Waals surface area (Å²) in [5.41, 5.74) is 1.76. The van der Waals surface area contributed by atoms with Crippen LogP contribution in [-0.2, 0) is 19.7 Å². The lowest BCUT2D eigenvalue weighted by Crippen LogP contribution is -2.51. The van der Waals surface area contributed by atoms with Crippen LogP contribution in [0.4, 0.5) is 0 Å². The van der Waals surface area contributed by atoms with E-state index in [1.54, 1.807) is 4.90 Å². The Bertz CT molecular complexity index is 579. The fourth-order valence-electron chi connectivity index (χ4n) is 3.12. The number of hydrogen-bond donors (Lipinski definition) is 1. The summed E-state index contributed by atoms with van der Waals surface area (Å²) >= 11 is 0. The molecule has 3 rings (SSSR count). The molecule has 5 nitrogen and oxygen atoms in total. The van der Waals surface area contributed by atoms with Gasteiger partial charge in [-0.1, -0.05) is 24.3 Å². The summed E-state index contributed by atoms with van der Waals surface area (Å²) in [6, 6.07) is 7.95. The van der Waals surface area contributed by atoms with Gasteiger partial charge in [0, 0.05) is 6.54 Å². The van der Waals surface area contributed by atoms with Crippen molar-refractivity contribution in [3.63, 3.8) is 0 Å². The highest BCUT2D eigenvalue weighted by Crippen LogP contribution is 2.50. The number of carbonyl (C=O) groups is 2. The Kier molecular flexibility index (Phi) is 3.45. The molecule has 1 heterocycles. The molecule has 0 aromatic heterocycles. The topological polar surface area (TPSA) is 66.8 Å². The van der Waals surface area contributed by atoms with Gasteiger partial charge in [0.25, 0.3) is 0 Å². The van der Waals surface area contributed by atoms with Crippen LogP contribution >= 0.6 is 0 Å². The summed E-state index contributed by atoms with van der Waals surface area (Å²) in [5, 5.41) is 9.05. The third-order valence-electron chi connectivity index (χ3n) is 4.45. The Morgan fingerprint density at radius 2 is 2.05 bits per heavy atom. The molecule has 1 aromatic carbocycles. The molecule has 1 amide bonds. The van der Waals surface area contributed by atoms with E-state index in [0.717, 1.165) is 24.0 Å². The van der Waals surface area contributed by atoms with Gasteiger partial charge in [0.05, 0.1) is 18.6 Å². The standard InChI is InChI=1S/C16H19NO4/c1-11-4-2-3-5-12(11)16(6-7-16)15(20)17-8-9-21-13(10-17)14(18)19/h2-5,13H,6-10H2,1H3,(H,18,19)/t13-/m1/s1. The number of nitrogens with zero attached hydrogens (tertiary/aromatic N) is 1. The van der Waals surface area contributed by atoms with Gasteiger partial charge in [0.2, 0.25) is 5.91 Å². The lowest BCUT2D eigenvalue weighted by atomic mass is 9.90. The van der Waals surface area contributed by atoms with E-state index in [1.165, 1.54) is 0 Å². The van der Waals surface area contributed by atoms with Crippen LogP contribution in [0.15, 0.2) is 24.3 Å². The van der Waals surface area contributed by atoms with Crippen molar-refractivity contribution in [2.24, 2.45) is 0 Å². The van der Waals surface area contributed by atoms with Gasteiger partial charge in [-0.05, 0) is 30.9 Å². The van der Waals surface area contributed by atoms with Crippen molar-refractivity contribution in [1.82, 2.24) is 4.90 Å². The number of aliphatic carboxylic acids is 1. The second-order valence-electron chi connectivity index (χ2n) is 5.85. The molecular weight excluding hydrogens is 270 g/mol. The molecule has 1 aliphatic heterocycles. The first kappa shape index (κ1) is 14.1. The van der Waals surface area contributed by atoms with Crippen molar-refractivity contribution in [2.75, 3.05) is 19.7 Å². The normalized spacial score (nSPS) is 23.7. The van der Waals surface area contributed by atoms with Gasteiger partial charge in [-0.25, -0.2) is 4.79 Å². The third-order valence-corrected chi connectivity index (χ3v) is 4.45. The second-order valence-corrected chi connectivity index (χ2v) is 5.85. The van der Waals surface area contributed by atoms with Crippen LogP contribution in [0.1, 0.15) is 24.0 Å². The monoisotopic (exact) mass is 289 g/mol.